The number of hydrogen-bond donors (Lipinski definition) is 0. The van der Waals surface area contributed by atoms with Crippen molar-refractivity contribution < 1.29 is 33.2 Å². The molecule has 7 nitrogen and oxygen atoms in total. The highest BCUT2D eigenvalue weighted by molar-refractivity contribution is 5.55. The molecule has 1 atom stereocenters. The van der Waals surface area contributed by atoms with E-state index in [1.165, 1.54) is 0 Å². The van der Waals surface area contributed by atoms with Crippen LogP contribution in [0.25, 0.3) is 0 Å². The fourth-order valence-electron chi connectivity index (χ4n) is 2.91. The summed E-state index contributed by atoms with van der Waals surface area (Å²) in [6.07, 6.45) is -0.460. The molecule has 0 bridgehead atoms. The van der Waals surface area contributed by atoms with Gasteiger partial charge in [-0.2, -0.15) is 0 Å². The van der Waals surface area contributed by atoms with Gasteiger partial charge in [-0.25, -0.2) is 0 Å². The summed E-state index contributed by atoms with van der Waals surface area (Å²) in [5.41, 5.74) is 1.61. The van der Waals surface area contributed by atoms with E-state index in [-0.39, 0.29) is 0 Å². The molecule has 154 valence electrons. The Bertz CT molecular complexity index is 761. The first kappa shape index (κ1) is 21.7. The van der Waals surface area contributed by atoms with Crippen LogP contribution < -0.4 is 23.7 Å². The molecule has 2 rings (SSSR count). The molecular weight excluding hydrogens is 364 g/mol. The summed E-state index contributed by atoms with van der Waals surface area (Å²) in [5, 5.41) is 0. The minimum Gasteiger partial charge on any atom is -0.496 e. The molecule has 2 aromatic carbocycles. The van der Waals surface area contributed by atoms with Crippen molar-refractivity contribution in [3.05, 3.63) is 41.5 Å². The van der Waals surface area contributed by atoms with Gasteiger partial charge in [-0.15, -0.1) is 0 Å². The quantitative estimate of drug-likeness (QED) is 0.543. The monoisotopic (exact) mass is 392 g/mol. The average Bonchev–Trinajstić information content (AvgIpc) is 2.74. The first-order valence-corrected chi connectivity index (χ1v) is 8.75. The summed E-state index contributed by atoms with van der Waals surface area (Å²) in [6.45, 7) is 0.829. The lowest BCUT2D eigenvalue weighted by Crippen LogP contribution is -2.12. The molecule has 28 heavy (non-hydrogen) atoms. The topological polar surface area (TPSA) is 64.6 Å². The predicted molar refractivity (Wildman–Crippen MR) is 105 cm³/mol. The Morgan fingerprint density at radius 2 is 1.36 bits per heavy atom. The van der Waals surface area contributed by atoms with Gasteiger partial charge in [-0.1, -0.05) is 6.07 Å². The van der Waals surface area contributed by atoms with Crippen molar-refractivity contribution in [1.82, 2.24) is 0 Å². The molecule has 0 heterocycles. The zero-order valence-electron chi connectivity index (χ0n) is 17.2. The Labute approximate surface area is 166 Å². The highest BCUT2D eigenvalue weighted by Gasteiger charge is 2.25. The Morgan fingerprint density at radius 1 is 0.679 bits per heavy atom. The molecule has 0 fully saturated rings. The van der Waals surface area contributed by atoms with E-state index in [9.17, 15) is 0 Å². The van der Waals surface area contributed by atoms with Crippen LogP contribution in [0.15, 0.2) is 30.3 Å². The zero-order valence-corrected chi connectivity index (χ0v) is 17.2. The highest BCUT2D eigenvalue weighted by atomic mass is 16.5. The van der Waals surface area contributed by atoms with E-state index < -0.39 is 6.10 Å². The van der Waals surface area contributed by atoms with Crippen LogP contribution in [-0.4, -0.2) is 55.9 Å². The van der Waals surface area contributed by atoms with Gasteiger partial charge in [0.2, 0.25) is 0 Å². The van der Waals surface area contributed by atoms with Gasteiger partial charge in [0.1, 0.15) is 30.0 Å². The smallest absolute Gasteiger partial charge is 0.161 e. The summed E-state index contributed by atoms with van der Waals surface area (Å²) < 4.78 is 38.6. The number of hydrogen-bond acceptors (Lipinski definition) is 7. The second-order valence-corrected chi connectivity index (χ2v) is 5.81. The lowest BCUT2D eigenvalue weighted by Gasteiger charge is -2.24. The molecule has 0 aliphatic heterocycles. The summed E-state index contributed by atoms with van der Waals surface area (Å²) in [6, 6.07) is 9.22. The Hall–Kier alpha value is -2.64. The van der Waals surface area contributed by atoms with Crippen LogP contribution in [0.5, 0.6) is 28.7 Å². The molecule has 0 saturated carbocycles. The van der Waals surface area contributed by atoms with E-state index in [2.05, 4.69) is 0 Å². The van der Waals surface area contributed by atoms with E-state index in [0.29, 0.717) is 42.0 Å². The fraction of sp³-hybridized carbons (Fsp3) is 0.429. The molecule has 0 amide bonds. The largest absolute Gasteiger partial charge is 0.496 e. The van der Waals surface area contributed by atoms with Crippen LogP contribution in [0, 0.1) is 0 Å². The molecule has 0 aliphatic rings. The van der Waals surface area contributed by atoms with Crippen molar-refractivity contribution in [2.24, 2.45) is 0 Å². The fourth-order valence-corrected chi connectivity index (χ4v) is 2.91. The third-order valence-electron chi connectivity index (χ3n) is 4.29. The van der Waals surface area contributed by atoms with Crippen molar-refractivity contribution in [1.29, 1.82) is 0 Å². The van der Waals surface area contributed by atoms with Gasteiger partial charge in [-0.3, -0.25) is 0 Å². The van der Waals surface area contributed by atoms with Crippen molar-refractivity contribution in [3.8, 4) is 28.7 Å². The zero-order chi connectivity index (χ0) is 20.5. The standard InChI is InChI=1S/C21H28O7/c1-22-9-10-28-19-13-15(23-2)12-18(26-5)20(19)21(27-6)14-7-8-16(24-3)17(11-14)25-4/h7-8,11-13,21H,9-10H2,1-6H3/t21-/m1/s1. The van der Waals surface area contributed by atoms with E-state index in [1.54, 1.807) is 54.8 Å². The summed E-state index contributed by atoms with van der Waals surface area (Å²) in [7, 11) is 9.63. The first-order chi connectivity index (χ1) is 13.6. The van der Waals surface area contributed by atoms with E-state index in [1.807, 2.05) is 18.2 Å². The van der Waals surface area contributed by atoms with E-state index in [0.717, 1.165) is 11.1 Å². The van der Waals surface area contributed by atoms with Gasteiger partial charge < -0.3 is 33.2 Å². The van der Waals surface area contributed by atoms with Gasteiger partial charge in [0.25, 0.3) is 0 Å². The number of methoxy groups -OCH3 is 6. The summed E-state index contributed by atoms with van der Waals surface area (Å²) in [5.74, 6) is 3.05. The van der Waals surface area contributed by atoms with Crippen LogP contribution in [0.1, 0.15) is 17.2 Å². The maximum absolute atomic E-state index is 5.95. The van der Waals surface area contributed by atoms with Gasteiger partial charge in [0.15, 0.2) is 11.5 Å². The minimum absolute atomic E-state index is 0.377. The van der Waals surface area contributed by atoms with Gasteiger partial charge >= 0.3 is 0 Å². The lowest BCUT2D eigenvalue weighted by molar-refractivity contribution is 0.121. The van der Waals surface area contributed by atoms with Crippen LogP contribution in [0.2, 0.25) is 0 Å². The van der Waals surface area contributed by atoms with Gasteiger partial charge in [-0.05, 0) is 17.7 Å². The molecule has 0 radical (unpaired) electrons. The maximum Gasteiger partial charge on any atom is 0.161 e. The molecule has 0 aromatic heterocycles. The molecule has 2 aromatic rings. The van der Waals surface area contributed by atoms with Crippen molar-refractivity contribution >= 4 is 0 Å². The van der Waals surface area contributed by atoms with Crippen LogP contribution in [0.3, 0.4) is 0 Å². The summed E-state index contributed by atoms with van der Waals surface area (Å²) >= 11 is 0. The highest BCUT2D eigenvalue weighted by Crippen LogP contribution is 2.43. The molecule has 0 aliphatic carbocycles. The molecule has 7 heteroatoms. The minimum atomic E-state index is -0.460. The third-order valence-corrected chi connectivity index (χ3v) is 4.29. The van der Waals surface area contributed by atoms with Crippen LogP contribution in [-0.2, 0) is 9.47 Å². The Morgan fingerprint density at radius 3 is 1.93 bits per heavy atom. The second kappa shape index (κ2) is 10.6. The van der Waals surface area contributed by atoms with Crippen molar-refractivity contribution in [2.45, 2.75) is 6.10 Å². The number of rotatable bonds is 11. The van der Waals surface area contributed by atoms with Crippen LogP contribution in [0.4, 0.5) is 0 Å². The van der Waals surface area contributed by atoms with Gasteiger partial charge in [0, 0.05) is 26.4 Å². The third kappa shape index (κ3) is 4.79. The Balaban J connectivity index is 2.57. The van der Waals surface area contributed by atoms with Crippen molar-refractivity contribution in [3.63, 3.8) is 0 Å². The second-order valence-electron chi connectivity index (χ2n) is 5.81. The first-order valence-electron chi connectivity index (χ1n) is 8.75. The van der Waals surface area contributed by atoms with Gasteiger partial charge in [0.05, 0.1) is 40.6 Å². The van der Waals surface area contributed by atoms with Crippen molar-refractivity contribution in [2.75, 3.05) is 55.9 Å². The normalized spacial score (nSPS) is 11.6. The summed E-state index contributed by atoms with van der Waals surface area (Å²) in [4.78, 5) is 0. The molecule has 0 unspecified atom stereocenters. The predicted octanol–water partition coefficient (Wildman–Crippen LogP) is 3.48. The molecular formula is C21H28O7. The molecule has 0 spiro atoms. The average molecular weight is 392 g/mol. The Kier molecular flexibility index (Phi) is 8.22. The number of ether oxygens (including phenoxy) is 7. The van der Waals surface area contributed by atoms with Crippen LogP contribution >= 0.6 is 0 Å². The SMILES string of the molecule is COCCOc1cc(OC)cc(OC)c1[C@H](OC)c1ccc(OC)c(OC)c1. The maximum atomic E-state index is 5.95. The van der Waals surface area contributed by atoms with E-state index >= 15 is 0 Å². The number of benzene rings is 2. The van der Waals surface area contributed by atoms with E-state index in [4.69, 9.17) is 33.2 Å². The molecule has 0 saturated heterocycles. The molecule has 0 N–H and O–H groups in total. The lowest BCUT2D eigenvalue weighted by atomic mass is 9.98.